The van der Waals surface area contributed by atoms with Gasteiger partial charge in [-0.3, -0.25) is 23.7 Å². The molecule has 0 heterocycles. The van der Waals surface area contributed by atoms with Crippen molar-refractivity contribution in [1.82, 2.24) is 9.80 Å². The molecule has 0 aliphatic rings. The van der Waals surface area contributed by atoms with Gasteiger partial charge in [-0.25, -0.2) is 0 Å². The smallest absolute Gasteiger partial charge is 0.342 e. The number of para-hydroxylation sites is 2. The molecule has 0 amide bonds. The number of phenolic OH excluding ortho intramolecular Hbond substituents is 2. The van der Waals surface area contributed by atoms with E-state index in [9.17, 15) is 43.7 Å². The second-order valence-corrected chi connectivity index (χ2v) is 15.8. The predicted molar refractivity (Wildman–Crippen MR) is 211 cm³/mol. The van der Waals surface area contributed by atoms with Gasteiger partial charge < -0.3 is 49.5 Å². The van der Waals surface area contributed by atoms with E-state index in [4.69, 9.17) is 19.7 Å². The van der Waals surface area contributed by atoms with Crippen LogP contribution in [0.2, 0.25) is 0 Å². The molecule has 0 spiro atoms. The van der Waals surface area contributed by atoms with Crippen LogP contribution in [0, 0.1) is 0 Å². The summed E-state index contributed by atoms with van der Waals surface area (Å²) in [6.07, 6.45) is 2.24. The van der Waals surface area contributed by atoms with Gasteiger partial charge in [-0.05, 0) is 52.2 Å². The van der Waals surface area contributed by atoms with Gasteiger partial charge in [-0.1, -0.05) is 63.6 Å². The van der Waals surface area contributed by atoms with Crippen molar-refractivity contribution >= 4 is 21.0 Å². The normalized spacial score (nSPS) is 13.0. The van der Waals surface area contributed by atoms with Gasteiger partial charge in [0, 0.05) is 86.5 Å². The number of rotatable bonds is 24. The second kappa shape index (κ2) is 32.3. The van der Waals surface area contributed by atoms with Crippen molar-refractivity contribution in [2.45, 2.75) is 104 Å². The van der Waals surface area contributed by atoms with E-state index < -0.39 is 39.3 Å². The summed E-state index contributed by atoms with van der Waals surface area (Å²) in [7, 11) is -7.77. The van der Waals surface area contributed by atoms with Crippen molar-refractivity contribution in [3.05, 3.63) is 59.7 Å². The van der Waals surface area contributed by atoms with Crippen molar-refractivity contribution in [1.29, 1.82) is 0 Å². The Balaban J connectivity index is -0.00000316. The summed E-state index contributed by atoms with van der Waals surface area (Å²) >= 11 is 0. The Kier molecular flexibility index (Phi) is 33.8. The number of aromatic hydroxyl groups is 2. The molecule has 15 nitrogen and oxygen atoms in total. The van der Waals surface area contributed by atoms with E-state index >= 15 is 0 Å². The molecule has 2 rings (SSSR count). The maximum Gasteiger partial charge on any atom is 0.342 e. The van der Waals surface area contributed by atoms with Gasteiger partial charge in [0.15, 0.2) is 0 Å². The Hall–Kier alpha value is -1.71. The maximum absolute atomic E-state index is 12.7. The van der Waals surface area contributed by atoms with Gasteiger partial charge in [0.1, 0.15) is 29.4 Å². The number of ether oxygens (including phenoxy) is 2. The van der Waals surface area contributed by atoms with Crippen LogP contribution in [0.5, 0.6) is 11.5 Å². The molecule has 0 aliphatic carbocycles. The van der Waals surface area contributed by atoms with Crippen molar-refractivity contribution in [2.75, 3.05) is 53.0 Å². The van der Waals surface area contributed by atoms with Crippen LogP contribution in [-0.2, 0) is 47.0 Å². The van der Waals surface area contributed by atoms with E-state index in [1.54, 1.807) is 81.0 Å². The van der Waals surface area contributed by atoms with Gasteiger partial charge in [-0.15, -0.1) is 0 Å². The molecule has 2 aromatic rings. The fourth-order valence-corrected chi connectivity index (χ4v) is 7.70. The number of Topliss-reactive ketones (excluding diaryl/α,β-unsaturated/α-hetero) is 1. The van der Waals surface area contributed by atoms with Crippen molar-refractivity contribution in [3.8, 4) is 11.5 Å². The molecular formula is C37H68FeN2O13P2. The fourth-order valence-electron chi connectivity index (χ4n) is 5.72. The Morgan fingerprint density at radius 3 is 1.89 bits per heavy atom. The molecule has 0 bridgehead atoms. The van der Waals surface area contributed by atoms with Crippen molar-refractivity contribution in [3.63, 3.8) is 0 Å². The molecular weight excluding hydrogens is 798 g/mol. The third-order valence-corrected chi connectivity index (χ3v) is 10.3. The van der Waals surface area contributed by atoms with Gasteiger partial charge in [0.05, 0.1) is 19.8 Å². The van der Waals surface area contributed by atoms with E-state index in [0.717, 1.165) is 0 Å². The van der Waals surface area contributed by atoms with Crippen LogP contribution in [-0.4, -0.2) is 120 Å². The summed E-state index contributed by atoms with van der Waals surface area (Å²) in [5.41, 5.74) is 0.886. The number of ketones is 1. The number of carbonyl (C=O) groups excluding carboxylic acids is 1. The Morgan fingerprint density at radius 2 is 1.38 bits per heavy atom. The predicted octanol–water partition coefficient (Wildman–Crippen LogP) is 5.58. The average Bonchev–Trinajstić information content (AvgIpc) is 3.07. The first kappa shape index (κ1) is 57.6. The number of hydrogen-bond acceptors (Lipinski definition) is 11. The van der Waals surface area contributed by atoms with E-state index in [1.807, 2.05) is 0 Å². The molecule has 322 valence electrons. The molecule has 0 saturated carbocycles. The standard InChI is InChI=1S/C32H52N2O11P2.2C2H6O.CH4.Fe/c1-4-32(47(41,42)43)33(22-26-12-8-10-16-30(26)36)23-27(13-6-5-7-14-28(35)18-19-45-21-20-44-3)34(24-46(38,39)40)25(2)29-15-9-11-17-31(29)37;2*1-2-3;;/h8-12,15-17,25,27,32,36-37H,4-7,13-14,18-24H2,1-3H3,(H2,38,39,40)(H2,41,42,43);2*3H,2H2,1H3;1H4;. The van der Waals surface area contributed by atoms with Gasteiger partial charge in [0.25, 0.3) is 0 Å². The number of aliphatic hydroxyl groups excluding tert-OH is 2. The molecule has 3 unspecified atom stereocenters. The first-order valence-corrected chi connectivity index (χ1v) is 21.4. The van der Waals surface area contributed by atoms with Crippen LogP contribution in [0.4, 0.5) is 0 Å². The SMILES string of the molecule is C.CCC(N(Cc1ccccc1O)CC(CCCCCC(=O)CCOCCOC)N(CP(=O)(O)O)C(C)c1ccccc1O)P(=O)(O)O.CCO.CCO.[Fe]. The quantitative estimate of drug-likeness (QED) is 0.0365. The van der Waals surface area contributed by atoms with Gasteiger partial charge >= 0.3 is 15.2 Å². The van der Waals surface area contributed by atoms with Gasteiger partial charge in [0.2, 0.25) is 0 Å². The Labute approximate surface area is 338 Å². The van der Waals surface area contributed by atoms with Crippen molar-refractivity contribution < 1.29 is 80.5 Å². The molecule has 2 aromatic carbocycles. The van der Waals surface area contributed by atoms with E-state index in [0.29, 0.717) is 69.5 Å². The Bertz CT molecular complexity index is 1360. The number of unbranched alkanes of at least 4 members (excludes halogenated alkanes) is 2. The third kappa shape index (κ3) is 25.3. The summed E-state index contributed by atoms with van der Waals surface area (Å²) in [5, 5.41) is 36.3. The zero-order valence-corrected chi connectivity index (χ0v) is 35.1. The minimum Gasteiger partial charge on any atom is -0.508 e. The summed E-state index contributed by atoms with van der Waals surface area (Å²) < 4.78 is 35.5. The molecule has 0 aromatic heterocycles. The summed E-state index contributed by atoms with van der Waals surface area (Å²) in [4.78, 5) is 56.5. The zero-order valence-electron chi connectivity index (χ0n) is 32.2. The maximum atomic E-state index is 12.7. The van der Waals surface area contributed by atoms with Crippen LogP contribution in [0.1, 0.15) is 97.2 Å². The molecule has 3 atom stereocenters. The van der Waals surface area contributed by atoms with Crippen LogP contribution in [0.3, 0.4) is 0 Å². The fraction of sp³-hybridized carbons (Fsp3) is 0.649. The average molecular weight is 867 g/mol. The monoisotopic (exact) mass is 866 g/mol. The van der Waals surface area contributed by atoms with Crippen molar-refractivity contribution in [2.24, 2.45) is 0 Å². The number of nitrogens with zero attached hydrogens (tertiary/aromatic N) is 2. The van der Waals surface area contributed by atoms with Crippen LogP contribution in [0.15, 0.2) is 48.5 Å². The molecule has 0 saturated heterocycles. The first-order valence-electron chi connectivity index (χ1n) is 17.9. The Morgan fingerprint density at radius 1 is 0.818 bits per heavy atom. The number of methoxy groups -OCH3 is 1. The number of aliphatic hydroxyl groups is 2. The minimum absolute atomic E-state index is 0. The van der Waals surface area contributed by atoms with Crippen LogP contribution >= 0.6 is 15.2 Å². The molecule has 18 heteroatoms. The first-order chi connectivity index (χ1) is 25.0. The molecule has 0 radical (unpaired) electrons. The molecule has 0 fully saturated rings. The summed E-state index contributed by atoms with van der Waals surface area (Å²) in [6.45, 7) is 8.38. The molecule has 8 N–H and O–H groups in total. The molecule has 55 heavy (non-hydrogen) atoms. The molecule has 0 aliphatic heterocycles. The minimum atomic E-state index is -4.69. The zero-order chi connectivity index (χ0) is 40.5. The van der Waals surface area contributed by atoms with Crippen LogP contribution < -0.4 is 0 Å². The van der Waals surface area contributed by atoms with E-state index in [-0.39, 0.29) is 74.5 Å². The van der Waals surface area contributed by atoms with E-state index in [1.165, 1.54) is 12.1 Å². The summed E-state index contributed by atoms with van der Waals surface area (Å²) in [5.74, 6) is -1.26. The largest absolute Gasteiger partial charge is 0.508 e. The van der Waals surface area contributed by atoms with E-state index in [2.05, 4.69) is 0 Å². The second-order valence-electron chi connectivity index (χ2n) is 12.4. The number of hydrogen-bond donors (Lipinski definition) is 8. The number of phenols is 2. The van der Waals surface area contributed by atoms with Crippen LogP contribution in [0.25, 0.3) is 0 Å². The number of carbonyl (C=O) groups is 1. The third-order valence-electron chi connectivity index (χ3n) is 8.14. The topological polar surface area (TPSA) is 238 Å². The summed E-state index contributed by atoms with van der Waals surface area (Å²) in [6, 6.07) is 11.7. The number of benzene rings is 2. The van der Waals surface area contributed by atoms with Gasteiger partial charge in [-0.2, -0.15) is 0 Å².